The van der Waals surface area contributed by atoms with Crippen LogP contribution in [-0.4, -0.2) is 32.4 Å². The number of fused-ring (bicyclic) bond motifs is 1. The van der Waals surface area contributed by atoms with E-state index in [0.29, 0.717) is 18.4 Å². The number of Topliss-reactive ketones (excluding diaryl/α,β-unsaturated/α-hetero) is 1. The quantitative estimate of drug-likeness (QED) is 0.812. The molecule has 0 spiro atoms. The molecule has 8 nitrogen and oxygen atoms in total. The zero-order valence-electron chi connectivity index (χ0n) is 12.5. The molecule has 1 aromatic carbocycles. The van der Waals surface area contributed by atoms with Gasteiger partial charge in [-0.15, -0.1) is 5.10 Å². The Morgan fingerprint density at radius 1 is 1.43 bits per heavy atom. The highest BCUT2D eigenvalue weighted by molar-refractivity contribution is 7.89. The van der Waals surface area contributed by atoms with Crippen molar-refractivity contribution in [2.24, 2.45) is 10.2 Å². The van der Waals surface area contributed by atoms with Gasteiger partial charge in [0.05, 0.1) is 0 Å². The summed E-state index contributed by atoms with van der Waals surface area (Å²) in [6.45, 7) is 2.03. The number of nitrogens with two attached hydrogens (primary N) is 1. The van der Waals surface area contributed by atoms with Gasteiger partial charge in [0.25, 0.3) is 5.90 Å². The van der Waals surface area contributed by atoms with Gasteiger partial charge in [-0.25, -0.2) is 13.6 Å². The molecule has 3 rings (SSSR count). The Kier molecular flexibility index (Phi) is 3.77. The molecule has 2 aliphatic heterocycles. The number of benzene rings is 1. The van der Waals surface area contributed by atoms with Gasteiger partial charge in [-0.2, -0.15) is 0 Å². The maximum atomic E-state index is 12.7. The average Bonchev–Trinajstić information content (AvgIpc) is 3.01. The number of para-hydroxylation sites is 1. The molecule has 1 atom stereocenters. The van der Waals surface area contributed by atoms with E-state index in [1.807, 2.05) is 6.92 Å². The number of nitrogens with zero attached hydrogens (tertiary/aromatic N) is 1. The Balaban J connectivity index is 2.16. The molecule has 124 valence electrons. The second-order valence-electron chi connectivity index (χ2n) is 5.43. The molecule has 0 aromatic heterocycles. The summed E-state index contributed by atoms with van der Waals surface area (Å²) in [4.78, 5) is 12.6. The lowest BCUT2D eigenvalue weighted by Gasteiger charge is -2.36. The summed E-state index contributed by atoms with van der Waals surface area (Å²) in [5, 5.41) is 9.25. The molecule has 0 saturated carbocycles. The number of hydrogen-bond donors (Lipinski definition) is 2. The fraction of sp³-hybridized carbons (Fsp3) is 0.429. The van der Waals surface area contributed by atoms with Crippen molar-refractivity contribution in [2.45, 2.75) is 36.7 Å². The first kappa shape index (κ1) is 15.8. The third-order valence-electron chi connectivity index (χ3n) is 3.85. The maximum absolute atomic E-state index is 12.7. The first-order valence-corrected chi connectivity index (χ1v) is 8.74. The second kappa shape index (κ2) is 5.50. The third kappa shape index (κ3) is 2.55. The topological polar surface area (TPSA) is 120 Å². The molecule has 23 heavy (non-hydrogen) atoms. The highest BCUT2D eigenvalue weighted by Gasteiger charge is 2.51. The van der Waals surface area contributed by atoms with Crippen LogP contribution in [0.5, 0.6) is 5.75 Å². The number of nitrogens with one attached hydrogen (secondary N) is 1. The minimum absolute atomic E-state index is 0.0288. The van der Waals surface area contributed by atoms with E-state index in [1.54, 1.807) is 6.07 Å². The zero-order chi connectivity index (χ0) is 16.7. The molecule has 1 aromatic rings. The Bertz CT molecular complexity index is 790. The van der Waals surface area contributed by atoms with Crippen molar-refractivity contribution < 1.29 is 22.7 Å². The molecular formula is C14H17N3O5S. The highest BCUT2D eigenvalue weighted by Crippen LogP contribution is 2.39. The number of carbonyl (C=O) groups is 1. The summed E-state index contributed by atoms with van der Waals surface area (Å²) in [6.07, 6.45) is 0.979. The summed E-state index contributed by atoms with van der Waals surface area (Å²) < 4.78 is 34.9. The number of sulfonamides is 1. The molecule has 0 fully saturated rings. The minimum Gasteiger partial charge on any atom is -0.468 e. The van der Waals surface area contributed by atoms with Crippen LogP contribution < -0.4 is 15.3 Å². The Morgan fingerprint density at radius 2 is 2.22 bits per heavy atom. The summed E-state index contributed by atoms with van der Waals surface area (Å²) in [6, 6.07) is 4.54. The first-order chi connectivity index (χ1) is 10.9. The standard InChI is InChI=1S/C14H17N3O5S/c1-2-6-14(13-17-16-8-21-13)11(18)7-9-4-3-5-10(12(9)22-14)23(15,19)20/h3-5,16H,2,6-8H2,1H3,(H2,15,19,20). The van der Waals surface area contributed by atoms with Gasteiger partial charge in [0.15, 0.2) is 12.5 Å². The van der Waals surface area contributed by atoms with E-state index in [4.69, 9.17) is 14.6 Å². The summed E-state index contributed by atoms with van der Waals surface area (Å²) in [5.41, 5.74) is 1.69. The zero-order valence-corrected chi connectivity index (χ0v) is 13.4. The maximum Gasteiger partial charge on any atom is 0.260 e. The highest BCUT2D eigenvalue weighted by atomic mass is 32.2. The van der Waals surface area contributed by atoms with Crippen LogP contribution in [-0.2, 0) is 26.0 Å². The number of rotatable bonds is 4. The number of ether oxygens (including phenoxy) is 2. The normalized spacial score (nSPS) is 23.4. The molecule has 0 radical (unpaired) electrons. The third-order valence-corrected chi connectivity index (χ3v) is 4.78. The van der Waals surface area contributed by atoms with Crippen LogP contribution in [0.2, 0.25) is 0 Å². The average molecular weight is 339 g/mol. The lowest BCUT2D eigenvalue weighted by atomic mass is 9.85. The first-order valence-electron chi connectivity index (χ1n) is 7.19. The number of ketones is 1. The van der Waals surface area contributed by atoms with Crippen LogP contribution in [0, 0.1) is 0 Å². The van der Waals surface area contributed by atoms with Crippen LogP contribution in [0.3, 0.4) is 0 Å². The van der Waals surface area contributed by atoms with Crippen LogP contribution >= 0.6 is 0 Å². The van der Waals surface area contributed by atoms with Crippen molar-refractivity contribution in [1.82, 2.24) is 5.43 Å². The lowest BCUT2D eigenvalue weighted by molar-refractivity contribution is -0.131. The van der Waals surface area contributed by atoms with Crippen LogP contribution in [0.25, 0.3) is 0 Å². The molecule has 2 heterocycles. The molecule has 3 N–H and O–H groups in total. The molecule has 0 aliphatic carbocycles. The number of hydrogen-bond acceptors (Lipinski definition) is 7. The van der Waals surface area contributed by atoms with Crippen molar-refractivity contribution in [3.8, 4) is 5.75 Å². The van der Waals surface area contributed by atoms with E-state index in [1.165, 1.54) is 12.1 Å². The van der Waals surface area contributed by atoms with Crippen molar-refractivity contribution in [3.63, 3.8) is 0 Å². The predicted octanol–water partition coefficient (Wildman–Crippen LogP) is 0.268. The van der Waals surface area contributed by atoms with Gasteiger partial charge in [0, 0.05) is 18.4 Å². The van der Waals surface area contributed by atoms with Crippen molar-refractivity contribution in [3.05, 3.63) is 23.8 Å². The molecule has 1 unspecified atom stereocenters. The molecule has 0 amide bonds. The van der Waals surface area contributed by atoms with E-state index in [9.17, 15) is 13.2 Å². The SMILES string of the molecule is CCCC1(C2=NNCO2)Oc2c(cccc2S(N)(=O)=O)CC1=O. The summed E-state index contributed by atoms with van der Waals surface area (Å²) >= 11 is 0. The van der Waals surface area contributed by atoms with E-state index < -0.39 is 15.6 Å². The van der Waals surface area contributed by atoms with Crippen molar-refractivity contribution >= 4 is 21.7 Å². The molecule has 2 aliphatic rings. The fourth-order valence-electron chi connectivity index (χ4n) is 2.84. The van der Waals surface area contributed by atoms with E-state index >= 15 is 0 Å². The largest absolute Gasteiger partial charge is 0.468 e. The number of hydrazone groups is 1. The molecule has 0 bridgehead atoms. The monoisotopic (exact) mass is 339 g/mol. The van der Waals surface area contributed by atoms with E-state index in [-0.39, 0.29) is 35.5 Å². The molecule has 0 saturated heterocycles. The van der Waals surface area contributed by atoms with Gasteiger partial charge in [-0.05, 0) is 6.07 Å². The smallest absolute Gasteiger partial charge is 0.260 e. The van der Waals surface area contributed by atoms with Gasteiger partial charge in [0.2, 0.25) is 15.6 Å². The van der Waals surface area contributed by atoms with Gasteiger partial charge in [-0.3, -0.25) is 10.2 Å². The van der Waals surface area contributed by atoms with Crippen molar-refractivity contribution in [1.29, 1.82) is 0 Å². The predicted molar refractivity (Wildman–Crippen MR) is 81.3 cm³/mol. The fourth-order valence-corrected chi connectivity index (χ4v) is 3.54. The molecule has 9 heteroatoms. The number of carbonyl (C=O) groups excluding carboxylic acids is 1. The number of primary sulfonamides is 1. The Hall–Kier alpha value is -2.13. The van der Waals surface area contributed by atoms with Gasteiger partial charge < -0.3 is 9.47 Å². The van der Waals surface area contributed by atoms with E-state index in [0.717, 1.165) is 0 Å². The van der Waals surface area contributed by atoms with Crippen LogP contribution in [0.1, 0.15) is 25.3 Å². The lowest BCUT2D eigenvalue weighted by Crippen LogP contribution is -2.55. The van der Waals surface area contributed by atoms with Gasteiger partial charge in [-0.1, -0.05) is 25.5 Å². The second-order valence-corrected chi connectivity index (χ2v) is 6.96. The minimum atomic E-state index is -3.98. The molecular weight excluding hydrogens is 322 g/mol. The van der Waals surface area contributed by atoms with E-state index in [2.05, 4.69) is 10.5 Å². The van der Waals surface area contributed by atoms with Crippen LogP contribution in [0.15, 0.2) is 28.2 Å². The van der Waals surface area contributed by atoms with Gasteiger partial charge >= 0.3 is 0 Å². The Morgan fingerprint density at radius 3 is 2.83 bits per heavy atom. The summed E-state index contributed by atoms with van der Waals surface area (Å²) in [5.74, 6) is 0.00124. The Labute approximate surface area is 133 Å². The van der Waals surface area contributed by atoms with Gasteiger partial charge in [0.1, 0.15) is 10.6 Å². The van der Waals surface area contributed by atoms with Crippen LogP contribution in [0.4, 0.5) is 0 Å². The summed E-state index contributed by atoms with van der Waals surface area (Å²) in [7, 11) is -3.98. The van der Waals surface area contributed by atoms with Crippen molar-refractivity contribution in [2.75, 3.05) is 6.73 Å².